The number of hydrogen-bond donors (Lipinski definition) is 5. The minimum atomic E-state index is -1.09. The van der Waals surface area contributed by atoms with Crippen LogP contribution in [0.3, 0.4) is 0 Å². The van der Waals surface area contributed by atoms with Crippen molar-refractivity contribution < 1.29 is 29.3 Å². The van der Waals surface area contributed by atoms with Gasteiger partial charge in [-0.25, -0.2) is 5.43 Å². The molecular formula is C24H22N4O6. The summed E-state index contributed by atoms with van der Waals surface area (Å²) in [6.07, 6.45) is 1.11. The summed E-state index contributed by atoms with van der Waals surface area (Å²) >= 11 is 0. The van der Waals surface area contributed by atoms with Gasteiger partial charge in [0.25, 0.3) is 5.91 Å². The lowest BCUT2D eigenvalue weighted by Gasteiger charge is -2.11. The molecule has 0 aliphatic rings. The summed E-state index contributed by atoms with van der Waals surface area (Å²) < 4.78 is 5.37. The Labute approximate surface area is 194 Å². The molecule has 0 saturated heterocycles. The third-order valence-corrected chi connectivity index (χ3v) is 4.43. The standard InChI is InChI=1S/C24H22N4O6/c1-2-34-18-11-8-16(9-12-18)26-22(31)19-5-3-4-6-20(19)27-23(32)24(33)28-25-14-15-7-10-17(29)13-21(15)30/h3-14,29-30H,2H2,1H3,(H,26,31)(H,27,32)(H,28,33). The van der Waals surface area contributed by atoms with Gasteiger partial charge in [-0.3, -0.25) is 14.4 Å². The molecule has 3 rings (SSSR count). The molecule has 0 fully saturated rings. The fourth-order valence-electron chi connectivity index (χ4n) is 2.82. The second-order valence-corrected chi connectivity index (χ2v) is 6.85. The van der Waals surface area contributed by atoms with Gasteiger partial charge in [0.1, 0.15) is 17.2 Å². The molecule has 0 aromatic heterocycles. The summed E-state index contributed by atoms with van der Waals surface area (Å²) in [5, 5.41) is 27.7. The second-order valence-electron chi connectivity index (χ2n) is 6.85. The van der Waals surface area contributed by atoms with Crippen LogP contribution in [-0.4, -0.2) is 40.8 Å². The molecule has 0 heterocycles. The van der Waals surface area contributed by atoms with Gasteiger partial charge in [-0.15, -0.1) is 0 Å². The summed E-state index contributed by atoms with van der Waals surface area (Å²) in [6.45, 7) is 2.39. The minimum absolute atomic E-state index is 0.131. The van der Waals surface area contributed by atoms with Gasteiger partial charge in [0.05, 0.1) is 24.1 Å². The molecular weight excluding hydrogens is 440 g/mol. The predicted molar refractivity (Wildman–Crippen MR) is 126 cm³/mol. The summed E-state index contributed by atoms with van der Waals surface area (Å²) in [6, 6.07) is 16.8. The molecule has 0 atom stereocenters. The average Bonchev–Trinajstić information content (AvgIpc) is 2.82. The Balaban J connectivity index is 1.63. The highest BCUT2D eigenvalue weighted by atomic mass is 16.5. The SMILES string of the molecule is CCOc1ccc(NC(=O)c2ccccc2NC(=O)C(=O)NN=Cc2ccc(O)cc2O)cc1. The maximum absolute atomic E-state index is 12.7. The Hall–Kier alpha value is -4.86. The first-order valence-corrected chi connectivity index (χ1v) is 10.2. The zero-order valence-electron chi connectivity index (χ0n) is 18.1. The summed E-state index contributed by atoms with van der Waals surface area (Å²) in [7, 11) is 0. The molecule has 3 amide bonds. The number of benzene rings is 3. The molecule has 0 aliphatic heterocycles. The monoisotopic (exact) mass is 462 g/mol. The number of phenolic OH excluding ortho intramolecular Hbond substituents is 2. The lowest BCUT2D eigenvalue weighted by Crippen LogP contribution is -2.33. The first-order valence-electron chi connectivity index (χ1n) is 10.2. The first-order chi connectivity index (χ1) is 16.4. The number of ether oxygens (including phenoxy) is 1. The molecule has 0 radical (unpaired) electrons. The molecule has 0 spiro atoms. The number of nitrogens with zero attached hydrogens (tertiary/aromatic N) is 1. The van der Waals surface area contributed by atoms with Crippen LogP contribution in [0.4, 0.5) is 11.4 Å². The number of hydrogen-bond acceptors (Lipinski definition) is 7. The first kappa shape index (κ1) is 23.8. The van der Waals surface area contributed by atoms with Crippen LogP contribution in [0.5, 0.6) is 17.2 Å². The van der Waals surface area contributed by atoms with Gasteiger partial charge in [0.15, 0.2) is 0 Å². The van der Waals surface area contributed by atoms with Crippen LogP contribution in [0.2, 0.25) is 0 Å². The van der Waals surface area contributed by atoms with Gasteiger partial charge >= 0.3 is 11.8 Å². The number of rotatable bonds is 7. The molecule has 0 saturated carbocycles. The van der Waals surface area contributed by atoms with E-state index < -0.39 is 17.7 Å². The van der Waals surface area contributed by atoms with Crippen molar-refractivity contribution in [3.63, 3.8) is 0 Å². The van der Waals surface area contributed by atoms with Crippen LogP contribution in [0.15, 0.2) is 71.8 Å². The molecule has 0 aliphatic carbocycles. The topological polar surface area (TPSA) is 149 Å². The molecule has 0 unspecified atom stereocenters. The lowest BCUT2D eigenvalue weighted by atomic mass is 10.1. The third kappa shape index (κ3) is 6.33. The van der Waals surface area contributed by atoms with Crippen molar-refractivity contribution in [3.8, 4) is 17.2 Å². The van der Waals surface area contributed by atoms with E-state index in [0.29, 0.717) is 18.0 Å². The lowest BCUT2D eigenvalue weighted by molar-refractivity contribution is -0.136. The largest absolute Gasteiger partial charge is 0.508 e. The predicted octanol–water partition coefficient (Wildman–Crippen LogP) is 2.84. The number of carbonyl (C=O) groups is 3. The summed E-state index contributed by atoms with van der Waals surface area (Å²) in [5.41, 5.74) is 3.05. The number of carbonyl (C=O) groups excluding carboxylic acids is 3. The maximum Gasteiger partial charge on any atom is 0.329 e. The normalized spacial score (nSPS) is 10.5. The highest BCUT2D eigenvalue weighted by Gasteiger charge is 2.18. The molecule has 34 heavy (non-hydrogen) atoms. The van der Waals surface area contributed by atoms with Crippen LogP contribution < -0.4 is 20.8 Å². The number of para-hydroxylation sites is 1. The molecule has 3 aromatic rings. The fourth-order valence-corrected chi connectivity index (χ4v) is 2.82. The van der Waals surface area contributed by atoms with Crippen molar-refractivity contribution >= 4 is 35.3 Å². The Morgan fingerprint density at radius 1 is 0.941 bits per heavy atom. The van der Waals surface area contributed by atoms with Gasteiger partial charge < -0.3 is 25.6 Å². The van der Waals surface area contributed by atoms with E-state index in [4.69, 9.17) is 4.74 Å². The van der Waals surface area contributed by atoms with Crippen LogP contribution in [-0.2, 0) is 9.59 Å². The van der Waals surface area contributed by atoms with Gasteiger partial charge in [-0.2, -0.15) is 5.10 Å². The number of aromatic hydroxyl groups is 2. The summed E-state index contributed by atoms with van der Waals surface area (Å²) in [4.78, 5) is 37.1. The van der Waals surface area contributed by atoms with Gasteiger partial charge in [0.2, 0.25) is 0 Å². The second kappa shape index (κ2) is 11.1. The third-order valence-electron chi connectivity index (χ3n) is 4.43. The van der Waals surface area contributed by atoms with Crippen molar-refractivity contribution in [2.75, 3.05) is 17.2 Å². The zero-order chi connectivity index (χ0) is 24.5. The van der Waals surface area contributed by atoms with Gasteiger partial charge in [-0.05, 0) is 55.5 Å². The van der Waals surface area contributed by atoms with Crippen molar-refractivity contribution in [1.29, 1.82) is 0 Å². The van der Waals surface area contributed by atoms with E-state index in [-0.39, 0.29) is 28.3 Å². The van der Waals surface area contributed by atoms with E-state index in [0.717, 1.165) is 12.3 Å². The summed E-state index contributed by atoms with van der Waals surface area (Å²) in [5.74, 6) is -2.34. The fraction of sp³-hybridized carbons (Fsp3) is 0.0833. The quantitative estimate of drug-likeness (QED) is 0.207. The van der Waals surface area contributed by atoms with E-state index in [1.54, 1.807) is 36.4 Å². The number of amides is 3. The molecule has 10 nitrogen and oxygen atoms in total. The average molecular weight is 462 g/mol. The van der Waals surface area contributed by atoms with E-state index >= 15 is 0 Å². The number of nitrogens with one attached hydrogen (secondary N) is 3. The van der Waals surface area contributed by atoms with Gasteiger partial charge in [0, 0.05) is 17.3 Å². The number of phenols is 2. The van der Waals surface area contributed by atoms with Gasteiger partial charge in [-0.1, -0.05) is 12.1 Å². The smallest absolute Gasteiger partial charge is 0.329 e. The van der Waals surface area contributed by atoms with Crippen LogP contribution in [0.1, 0.15) is 22.8 Å². The van der Waals surface area contributed by atoms with Crippen molar-refractivity contribution in [2.24, 2.45) is 5.10 Å². The van der Waals surface area contributed by atoms with Crippen molar-refractivity contribution in [3.05, 3.63) is 77.9 Å². The Kier molecular flexibility index (Phi) is 7.79. The molecule has 5 N–H and O–H groups in total. The van der Waals surface area contributed by atoms with Crippen molar-refractivity contribution in [1.82, 2.24) is 5.43 Å². The Bertz CT molecular complexity index is 1220. The number of hydrazone groups is 1. The highest BCUT2D eigenvalue weighted by Crippen LogP contribution is 2.21. The van der Waals surface area contributed by atoms with E-state index in [1.807, 2.05) is 12.3 Å². The van der Waals surface area contributed by atoms with E-state index in [9.17, 15) is 24.6 Å². The molecule has 174 valence electrons. The number of anilines is 2. The minimum Gasteiger partial charge on any atom is -0.508 e. The molecule has 0 bridgehead atoms. The highest BCUT2D eigenvalue weighted by molar-refractivity contribution is 6.40. The van der Waals surface area contributed by atoms with Crippen LogP contribution >= 0.6 is 0 Å². The van der Waals surface area contributed by atoms with E-state index in [1.165, 1.54) is 24.3 Å². The van der Waals surface area contributed by atoms with Crippen LogP contribution in [0.25, 0.3) is 0 Å². The maximum atomic E-state index is 12.7. The Morgan fingerprint density at radius 2 is 1.68 bits per heavy atom. The molecule has 10 heteroatoms. The van der Waals surface area contributed by atoms with Crippen molar-refractivity contribution in [2.45, 2.75) is 6.92 Å². The van der Waals surface area contributed by atoms with E-state index in [2.05, 4.69) is 15.7 Å². The Morgan fingerprint density at radius 3 is 2.38 bits per heavy atom. The molecule has 3 aromatic carbocycles. The zero-order valence-corrected chi connectivity index (χ0v) is 18.1. The van der Waals surface area contributed by atoms with Crippen LogP contribution in [0, 0.1) is 0 Å².